The Kier molecular flexibility index (Phi) is 6.83. The number of aromatic nitrogens is 3. The monoisotopic (exact) mass is 463 g/mol. The van der Waals surface area contributed by atoms with E-state index >= 15 is 0 Å². The minimum absolute atomic E-state index is 0.0314. The van der Waals surface area contributed by atoms with Crippen molar-refractivity contribution < 1.29 is 9.59 Å². The normalized spacial score (nSPS) is 16.2. The number of thioether (sulfide) groups is 1. The summed E-state index contributed by atoms with van der Waals surface area (Å²) in [5, 5.41) is 9.22. The Morgan fingerprint density at radius 3 is 2.36 bits per heavy atom. The molecule has 0 saturated carbocycles. The van der Waals surface area contributed by atoms with E-state index < -0.39 is 0 Å². The van der Waals surface area contributed by atoms with Crippen LogP contribution in [0.1, 0.15) is 34.2 Å². The maximum absolute atomic E-state index is 13.0. The molecule has 0 bridgehead atoms. The SMILES string of the molecule is Cc1ccccc1C(=O)N1CCN(C(=O)CSc2nnc(C)n2-c2ccccc2C)CC1C. The number of rotatable bonds is 5. The summed E-state index contributed by atoms with van der Waals surface area (Å²) in [6, 6.07) is 15.7. The Bertz CT molecular complexity index is 1180. The van der Waals surface area contributed by atoms with E-state index in [4.69, 9.17) is 0 Å². The number of hydrogen-bond donors (Lipinski definition) is 0. The van der Waals surface area contributed by atoms with Gasteiger partial charge in [-0.15, -0.1) is 10.2 Å². The summed E-state index contributed by atoms with van der Waals surface area (Å²) in [7, 11) is 0. The van der Waals surface area contributed by atoms with E-state index in [-0.39, 0.29) is 23.6 Å². The first-order valence-corrected chi connectivity index (χ1v) is 12.1. The summed E-state index contributed by atoms with van der Waals surface area (Å²) in [4.78, 5) is 29.7. The molecule has 172 valence electrons. The van der Waals surface area contributed by atoms with Gasteiger partial charge in [0, 0.05) is 31.2 Å². The molecule has 3 aromatic rings. The standard InChI is InChI=1S/C25H29N5O2S/c1-17-9-5-7-11-21(17)24(32)29-14-13-28(15-19(29)3)23(31)16-33-25-27-26-20(4)30(25)22-12-8-6-10-18(22)2/h5-12,19H,13-16H2,1-4H3. The number of carbonyl (C=O) groups excluding carboxylic acids is 2. The van der Waals surface area contributed by atoms with Crippen LogP contribution < -0.4 is 0 Å². The fourth-order valence-electron chi connectivity index (χ4n) is 4.20. The largest absolute Gasteiger partial charge is 0.338 e. The van der Waals surface area contributed by atoms with Gasteiger partial charge in [0.1, 0.15) is 5.82 Å². The summed E-state index contributed by atoms with van der Waals surface area (Å²) in [5.41, 5.74) is 3.84. The third-order valence-corrected chi connectivity index (χ3v) is 7.01. The zero-order valence-electron chi connectivity index (χ0n) is 19.5. The van der Waals surface area contributed by atoms with Crippen molar-refractivity contribution in [3.05, 3.63) is 71.0 Å². The smallest absolute Gasteiger partial charge is 0.254 e. The van der Waals surface area contributed by atoms with Crippen molar-refractivity contribution in [2.45, 2.75) is 38.9 Å². The molecule has 33 heavy (non-hydrogen) atoms. The van der Waals surface area contributed by atoms with E-state index in [2.05, 4.69) is 10.2 Å². The topological polar surface area (TPSA) is 71.3 Å². The number of benzene rings is 2. The molecule has 1 unspecified atom stereocenters. The Labute approximate surface area is 198 Å². The number of nitrogens with zero attached hydrogens (tertiary/aromatic N) is 5. The lowest BCUT2D eigenvalue weighted by Gasteiger charge is -2.40. The van der Waals surface area contributed by atoms with Crippen LogP contribution in [0.25, 0.3) is 5.69 Å². The summed E-state index contributed by atoms with van der Waals surface area (Å²) in [6.45, 7) is 9.51. The highest BCUT2D eigenvalue weighted by molar-refractivity contribution is 7.99. The number of amides is 2. The molecule has 1 atom stereocenters. The molecule has 8 heteroatoms. The number of aryl methyl sites for hydroxylation is 3. The zero-order chi connectivity index (χ0) is 23.5. The number of piperazine rings is 1. The van der Waals surface area contributed by atoms with E-state index in [1.54, 1.807) is 0 Å². The number of para-hydroxylation sites is 1. The van der Waals surface area contributed by atoms with Gasteiger partial charge < -0.3 is 9.80 Å². The van der Waals surface area contributed by atoms with Crippen molar-refractivity contribution in [1.82, 2.24) is 24.6 Å². The maximum atomic E-state index is 13.0. The Balaban J connectivity index is 1.39. The van der Waals surface area contributed by atoms with Gasteiger partial charge in [-0.25, -0.2) is 0 Å². The predicted octanol–water partition coefficient (Wildman–Crippen LogP) is 3.66. The van der Waals surface area contributed by atoms with Crippen molar-refractivity contribution in [2.24, 2.45) is 0 Å². The fraction of sp³-hybridized carbons (Fsp3) is 0.360. The maximum Gasteiger partial charge on any atom is 0.254 e. The summed E-state index contributed by atoms with van der Waals surface area (Å²) in [6.07, 6.45) is 0. The molecule has 7 nitrogen and oxygen atoms in total. The quantitative estimate of drug-likeness (QED) is 0.540. The first kappa shape index (κ1) is 23.0. The van der Waals surface area contributed by atoms with Gasteiger partial charge in [-0.2, -0.15) is 0 Å². The summed E-state index contributed by atoms with van der Waals surface area (Å²) < 4.78 is 1.99. The Hall–Kier alpha value is -3.13. The average Bonchev–Trinajstić information content (AvgIpc) is 3.17. The van der Waals surface area contributed by atoms with Gasteiger partial charge in [-0.1, -0.05) is 48.2 Å². The lowest BCUT2D eigenvalue weighted by molar-refractivity contribution is -0.130. The van der Waals surface area contributed by atoms with Crippen LogP contribution in [-0.4, -0.2) is 67.8 Å². The van der Waals surface area contributed by atoms with Crippen molar-refractivity contribution >= 4 is 23.6 Å². The van der Waals surface area contributed by atoms with Crippen LogP contribution in [0.3, 0.4) is 0 Å². The molecule has 1 saturated heterocycles. The third kappa shape index (κ3) is 4.80. The second kappa shape index (κ2) is 9.79. The second-order valence-corrected chi connectivity index (χ2v) is 9.39. The van der Waals surface area contributed by atoms with Gasteiger partial charge in [0.25, 0.3) is 5.91 Å². The van der Waals surface area contributed by atoms with E-state index in [9.17, 15) is 9.59 Å². The second-order valence-electron chi connectivity index (χ2n) is 8.44. The Morgan fingerprint density at radius 2 is 1.67 bits per heavy atom. The molecule has 2 aromatic carbocycles. The van der Waals surface area contributed by atoms with Crippen LogP contribution in [0.5, 0.6) is 0 Å². The molecule has 4 rings (SSSR count). The molecule has 1 aromatic heterocycles. The summed E-state index contributed by atoms with van der Waals surface area (Å²) >= 11 is 1.40. The molecular formula is C25H29N5O2S. The third-order valence-electron chi connectivity index (χ3n) is 6.09. The van der Waals surface area contributed by atoms with Gasteiger partial charge in [0.15, 0.2) is 5.16 Å². The van der Waals surface area contributed by atoms with Crippen LogP contribution in [-0.2, 0) is 4.79 Å². The van der Waals surface area contributed by atoms with Gasteiger partial charge >= 0.3 is 0 Å². The van der Waals surface area contributed by atoms with Crippen LogP contribution in [0.4, 0.5) is 0 Å². The number of carbonyl (C=O) groups is 2. The number of hydrogen-bond acceptors (Lipinski definition) is 5. The molecule has 1 aliphatic rings. The minimum Gasteiger partial charge on any atom is -0.338 e. The van der Waals surface area contributed by atoms with Gasteiger partial charge in [-0.3, -0.25) is 14.2 Å². The van der Waals surface area contributed by atoms with Crippen molar-refractivity contribution in [2.75, 3.05) is 25.4 Å². The van der Waals surface area contributed by atoms with E-state index in [1.807, 2.05) is 90.6 Å². The first-order chi connectivity index (χ1) is 15.9. The highest BCUT2D eigenvalue weighted by Gasteiger charge is 2.31. The fourth-order valence-corrected chi connectivity index (χ4v) is 5.09. The van der Waals surface area contributed by atoms with Crippen molar-refractivity contribution in [1.29, 1.82) is 0 Å². The molecule has 0 aliphatic carbocycles. The van der Waals surface area contributed by atoms with E-state index in [0.29, 0.717) is 24.8 Å². The van der Waals surface area contributed by atoms with Crippen LogP contribution in [0.15, 0.2) is 53.7 Å². The highest BCUT2D eigenvalue weighted by atomic mass is 32.2. The van der Waals surface area contributed by atoms with Crippen molar-refractivity contribution in [3.63, 3.8) is 0 Å². The lowest BCUT2D eigenvalue weighted by atomic mass is 10.1. The Morgan fingerprint density at radius 1 is 0.970 bits per heavy atom. The van der Waals surface area contributed by atoms with Crippen molar-refractivity contribution in [3.8, 4) is 5.69 Å². The first-order valence-electron chi connectivity index (χ1n) is 11.1. The average molecular weight is 464 g/mol. The molecule has 0 spiro atoms. The minimum atomic E-state index is -0.0438. The highest BCUT2D eigenvalue weighted by Crippen LogP contribution is 2.25. The molecule has 0 N–H and O–H groups in total. The van der Waals surface area contributed by atoms with E-state index in [1.165, 1.54) is 11.8 Å². The van der Waals surface area contributed by atoms with Crippen LogP contribution >= 0.6 is 11.8 Å². The summed E-state index contributed by atoms with van der Waals surface area (Å²) in [5.74, 6) is 1.15. The van der Waals surface area contributed by atoms with Gasteiger partial charge in [-0.05, 0) is 51.0 Å². The molecular weight excluding hydrogens is 434 g/mol. The van der Waals surface area contributed by atoms with E-state index in [0.717, 1.165) is 28.2 Å². The molecule has 2 amide bonds. The van der Waals surface area contributed by atoms with Crippen LogP contribution in [0, 0.1) is 20.8 Å². The predicted molar refractivity (Wildman–Crippen MR) is 130 cm³/mol. The zero-order valence-corrected chi connectivity index (χ0v) is 20.3. The van der Waals surface area contributed by atoms with Crippen LogP contribution in [0.2, 0.25) is 0 Å². The molecule has 0 radical (unpaired) electrons. The van der Waals surface area contributed by atoms with Gasteiger partial charge in [0.05, 0.1) is 11.4 Å². The lowest BCUT2D eigenvalue weighted by Crippen LogP contribution is -2.55. The molecule has 2 heterocycles. The molecule has 1 aliphatic heterocycles. The van der Waals surface area contributed by atoms with Gasteiger partial charge in [0.2, 0.25) is 5.91 Å². The molecule has 1 fully saturated rings.